The van der Waals surface area contributed by atoms with Crippen molar-refractivity contribution < 1.29 is 14.3 Å². The Morgan fingerprint density at radius 2 is 1.88 bits per heavy atom. The van der Waals surface area contributed by atoms with Gasteiger partial charge in [0, 0.05) is 5.69 Å². The molecule has 1 heterocycles. The minimum Gasteiger partial charge on any atom is -0.482 e. The Balaban J connectivity index is 1.94. The summed E-state index contributed by atoms with van der Waals surface area (Å²) >= 11 is 0. The molecule has 1 aliphatic rings. The second kappa shape index (κ2) is 6.00. The van der Waals surface area contributed by atoms with E-state index < -0.39 is 0 Å². The first-order chi connectivity index (χ1) is 11.4. The van der Waals surface area contributed by atoms with Crippen molar-refractivity contribution in [3.63, 3.8) is 0 Å². The van der Waals surface area contributed by atoms with Crippen LogP contribution in [0.4, 0.5) is 11.4 Å². The van der Waals surface area contributed by atoms with E-state index >= 15 is 0 Å². The average Bonchev–Trinajstić information content (AvgIpc) is 2.53. The van der Waals surface area contributed by atoms with Crippen LogP contribution in [0.2, 0.25) is 0 Å². The number of carbonyl (C=O) groups excluding carboxylic acids is 2. The van der Waals surface area contributed by atoms with Crippen molar-refractivity contribution in [2.75, 3.05) is 17.2 Å². The van der Waals surface area contributed by atoms with Crippen molar-refractivity contribution in [3.8, 4) is 5.75 Å². The maximum absolute atomic E-state index is 12.8. The van der Waals surface area contributed by atoms with Crippen molar-refractivity contribution in [2.24, 2.45) is 0 Å². The Morgan fingerprint density at radius 1 is 1.12 bits per heavy atom. The number of anilines is 2. The Hall–Kier alpha value is -2.82. The van der Waals surface area contributed by atoms with Gasteiger partial charge in [0.1, 0.15) is 5.75 Å². The molecular formula is C19H20N2O3. The summed E-state index contributed by atoms with van der Waals surface area (Å²) in [7, 11) is 0. The summed E-state index contributed by atoms with van der Waals surface area (Å²) in [5, 5.41) is 5.67. The van der Waals surface area contributed by atoms with E-state index in [1.807, 2.05) is 24.3 Å². The lowest BCUT2D eigenvalue weighted by atomic mass is 9.86. The molecule has 5 nitrogen and oxygen atoms in total. The van der Waals surface area contributed by atoms with Crippen LogP contribution < -0.4 is 15.4 Å². The van der Waals surface area contributed by atoms with E-state index in [0.29, 0.717) is 17.0 Å². The monoisotopic (exact) mass is 324 g/mol. The molecule has 0 aliphatic carbocycles. The molecule has 0 saturated heterocycles. The number of benzene rings is 2. The van der Waals surface area contributed by atoms with Crippen LogP contribution in [0.25, 0.3) is 0 Å². The predicted octanol–water partition coefficient (Wildman–Crippen LogP) is 3.57. The minimum atomic E-state index is -0.283. The first-order valence-corrected chi connectivity index (χ1v) is 7.83. The lowest BCUT2D eigenvalue weighted by Crippen LogP contribution is -2.28. The topological polar surface area (TPSA) is 67.4 Å². The van der Waals surface area contributed by atoms with E-state index in [9.17, 15) is 9.59 Å². The Bertz CT molecular complexity index is 806. The third kappa shape index (κ3) is 3.11. The molecule has 0 radical (unpaired) electrons. The fraction of sp³-hybridized carbons (Fsp3) is 0.263. The fourth-order valence-corrected chi connectivity index (χ4v) is 2.72. The smallest absolute Gasteiger partial charge is 0.262 e. The maximum Gasteiger partial charge on any atom is 0.262 e. The third-order valence-electron chi connectivity index (χ3n) is 3.88. The Morgan fingerprint density at radius 3 is 2.62 bits per heavy atom. The molecule has 1 aliphatic heterocycles. The van der Waals surface area contributed by atoms with Gasteiger partial charge in [0.25, 0.3) is 11.8 Å². The largest absolute Gasteiger partial charge is 0.482 e. The van der Waals surface area contributed by atoms with Gasteiger partial charge in [-0.05, 0) is 29.2 Å². The van der Waals surface area contributed by atoms with Crippen LogP contribution in [-0.2, 0) is 10.2 Å². The van der Waals surface area contributed by atoms with Crippen LogP contribution in [0.1, 0.15) is 36.7 Å². The molecule has 0 spiro atoms. The summed E-state index contributed by atoms with van der Waals surface area (Å²) in [6, 6.07) is 12.9. The second-order valence-electron chi connectivity index (χ2n) is 6.77. The number of fused-ring (bicyclic) bond motifs is 1. The molecule has 124 valence electrons. The molecule has 0 bridgehead atoms. The van der Waals surface area contributed by atoms with Crippen LogP contribution in [-0.4, -0.2) is 18.4 Å². The molecular weight excluding hydrogens is 304 g/mol. The summed E-state index contributed by atoms with van der Waals surface area (Å²) in [6.45, 7) is 6.24. The molecule has 3 rings (SSSR count). The highest BCUT2D eigenvalue weighted by Gasteiger charge is 2.24. The van der Waals surface area contributed by atoms with Gasteiger partial charge in [-0.15, -0.1) is 0 Å². The molecule has 24 heavy (non-hydrogen) atoms. The Labute approximate surface area is 141 Å². The number of hydrogen-bond acceptors (Lipinski definition) is 3. The highest BCUT2D eigenvalue weighted by Crippen LogP contribution is 2.33. The zero-order chi connectivity index (χ0) is 17.3. The van der Waals surface area contributed by atoms with Gasteiger partial charge >= 0.3 is 0 Å². The van der Waals surface area contributed by atoms with Crippen LogP contribution >= 0.6 is 0 Å². The number of ether oxygens (including phenoxy) is 1. The van der Waals surface area contributed by atoms with E-state index in [2.05, 4.69) is 31.4 Å². The molecule has 2 aromatic carbocycles. The molecule has 2 N–H and O–H groups in total. The van der Waals surface area contributed by atoms with Crippen LogP contribution in [0.15, 0.2) is 42.5 Å². The van der Waals surface area contributed by atoms with Gasteiger partial charge in [-0.1, -0.05) is 45.0 Å². The lowest BCUT2D eigenvalue weighted by molar-refractivity contribution is -0.118. The predicted molar refractivity (Wildman–Crippen MR) is 93.7 cm³/mol. The number of rotatable bonds is 2. The van der Waals surface area contributed by atoms with E-state index in [-0.39, 0.29) is 23.8 Å². The second-order valence-corrected chi connectivity index (χ2v) is 6.77. The van der Waals surface area contributed by atoms with E-state index in [1.165, 1.54) is 0 Å². The summed E-state index contributed by atoms with van der Waals surface area (Å²) < 4.78 is 5.36. The van der Waals surface area contributed by atoms with Crippen LogP contribution in [0, 0.1) is 0 Å². The molecule has 0 atom stereocenters. The number of para-hydroxylation sites is 2. The zero-order valence-corrected chi connectivity index (χ0v) is 14.0. The first-order valence-electron chi connectivity index (χ1n) is 7.83. The van der Waals surface area contributed by atoms with Gasteiger partial charge in [0.05, 0.1) is 11.3 Å². The fourth-order valence-electron chi connectivity index (χ4n) is 2.72. The number of carbonyl (C=O) groups is 2. The average molecular weight is 324 g/mol. The highest BCUT2D eigenvalue weighted by molar-refractivity contribution is 6.12. The molecule has 2 aromatic rings. The Kier molecular flexibility index (Phi) is 4.01. The van der Waals surface area contributed by atoms with Crippen LogP contribution in [0.3, 0.4) is 0 Å². The SMILES string of the molecule is CC(C)(C)c1ccccc1NC(=O)c1cccc2c1NC(=O)CO2. The number of nitrogens with one attached hydrogen (secondary N) is 2. The van der Waals surface area contributed by atoms with Crippen molar-refractivity contribution in [1.82, 2.24) is 0 Å². The highest BCUT2D eigenvalue weighted by atomic mass is 16.5. The van der Waals surface area contributed by atoms with Gasteiger partial charge in [0.2, 0.25) is 0 Å². The zero-order valence-electron chi connectivity index (χ0n) is 14.0. The molecule has 0 unspecified atom stereocenters. The summed E-state index contributed by atoms with van der Waals surface area (Å²) in [4.78, 5) is 24.3. The molecule has 0 fully saturated rings. The van der Waals surface area contributed by atoms with E-state index in [0.717, 1.165) is 11.3 Å². The van der Waals surface area contributed by atoms with E-state index in [4.69, 9.17) is 4.74 Å². The van der Waals surface area contributed by atoms with Crippen molar-refractivity contribution >= 4 is 23.2 Å². The summed E-state index contributed by atoms with van der Waals surface area (Å²) in [6.07, 6.45) is 0. The molecule has 5 heteroatoms. The van der Waals surface area contributed by atoms with Crippen molar-refractivity contribution in [2.45, 2.75) is 26.2 Å². The normalized spacial score (nSPS) is 13.5. The van der Waals surface area contributed by atoms with Gasteiger partial charge in [-0.25, -0.2) is 0 Å². The molecule has 0 aromatic heterocycles. The third-order valence-corrected chi connectivity index (χ3v) is 3.88. The maximum atomic E-state index is 12.8. The van der Waals surface area contributed by atoms with E-state index in [1.54, 1.807) is 18.2 Å². The lowest BCUT2D eigenvalue weighted by Gasteiger charge is -2.24. The van der Waals surface area contributed by atoms with Crippen molar-refractivity contribution in [1.29, 1.82) is 0 Å². The number of hydrogen-bond donors (Lipinski definition) is 2. The van der Waals surface area contributed by atoms with Gasteiger partial charge in [-0.3, -0.25) is 9.59 Å². The summed E-state index contributed by atoms with van der Waals surface area (Å²) in [5.74, 6) is -0.0430. The standard InChI is InChI=1S/C19H20N2O3/c1-19(2,3)13-8-4-5-9-14(13)20-18(23)12-7-6-10-15-17(12)21-16(22)11-24-15/h4-10H,11H2,1-3H3,(H,20,23)(H,21,22). The van der Waals surface area contributed by atoms with Gasteiger partial charge in [-0.2, -0.15) is 0 Å². The van der Waals surface area contributed by atoms with Gasteiger partial charge < -0.3 is 15.4 Å². The quantitative estimate of drug-likeness (QED) is 0.887. The number of amides is 2. The molecule has 0 saturated carbocycles. The van der Waals surface area contributed by atoms with Crippen LogP contribution in [0.5, 0.6) is 5.75 Å². The van der Waals surface area contributed by atoms with Crippen molar-refractivity contribution in [3.05, 3.63) is 53.6 Å². The van der Waals surface area contributed by atoms with Gasteiger partial charge in [0.15, 0.2) is 6.61 Å². The first kappa shape index (κ1) is 16.1. The summed E-state index contributed by atoms with van der Waals surface area (Å²) in [5.41, 5.74) is 2.50. The minimum absolute atomic E-state index is 0.0368. The molecule has 2 amide bonds.